The molecule has 3 aromatic rings. The molecule has 1 aromatic carbocycles. The zero-order chi connectivity index (χ0) is 15.8. The van der Waals surface area contributed by atoms with E-state index in [0.717, 1.165) is 47.7 Å². The molecule has 2 aromatic heterocycles. The van der Waals surface area contributed by atoms with Crippen molar-refractivity contribution < 1.29 is 9.66 Å². The fourth-order valence-corrected chi connectivity index (χ4v) is 3.40. The highest BCUT2D eigenvalue weighted by Gasteiger charge is 2.17. The second-order valence-electron chi connectivity index (χ2n) is 5.14. The van der Waals surface area contributed by atoms with E-state index in [1.165, 1.54) is 23.5 Å². The van der Waals surface area contributed by atoms with Crippen molar-refractivity contribution in [2.24, 2.45) is 0 Å². The quantitative estimate of drug-likeness (QED) is 0.540. The Labute approximate surface area is 135 Å². The molecule has 0 N–H and O–H groups in total. The summed E-state index contributed by atoms with van der Waals surface area (Å²) >= 11 is 1.53. The highest BCUT2D eigenvalue weighted by molar-refractivity contribution is 7.20. The van der Waals surface area contributed by atoms with E-state index in [-0.39, 0.29) is 5.69 Å². The largest absolute Gasteiger partial charge is 0.378 e. The smallest absolute Gasteiger partial charge is 0.269 e. The van der Waals surface area contributed by atoms with Gasteiger partial charge in [0, 0.05) is 30.8 Å². The molecule has 8 nitrogen and oxygen atoms in total. The first-order valence-electron chi connectivity index (χ1n) is 7.14. The van der Waals surface area contributed by atoms with Crippen LogP contribution in [0.4, 0.5) is 10.8 Å². The summed E-state index contributed by atoms with van der Waals surface area (Å²) < 4.78 is 7.10. The standard InChI is InChI=1S/C14H13N5O3S/c20-19(21)11-3-1-10(2-4-11)12-9-18-13(15-12)23-14(16-18)17-5-7-22-8-6-17/h1-4,9H,5-8H2. The Hall–Kier alpha value is -2.52. The molecule has 0 radical (unpaired) electrons. The van der Waals surface area contributed by atoms with Gasteiger partial charge in [-0.25, -0.2) is 9.50 Å². The van der Waals surface area contributed by atoms with Gasteiger partial charge in [0.1, 0.15) is 0 Å². The summed E-state index contributed by atoms with van der Waals surface area (Å²) in [5.41, 5.74) is 1.66. The summed E-state index contributed by atoms with van der Waals surface area (Å²) in [6, 6.07) is 6.37. The number of nitro benzene ring substituents is 1. The van der Waals surface area contributed by atoms with Crippen molar-refractivity contribution in [3.05, 3.63) is 40.6 Å². The molecule has 0 bridgehead atoms. The van der Waals surface area contributed by atoms with Crippen molar-refractivity contribution in [1.29, 1.82) is 0 Å². The minimum Gasteiger partial charge on any atom is -0.378 e. The molecule has 1 fully saturated rings. The van der Waals surface area contributed by atoms with Gasteiger partial charge in [0.15, 0.2) is 0 Å². The fraction of sp³-hybridized carbons (Fsp3) is 0.286. The normalized spacial score (nSPS) is 15.2. The maximum absolute atomic E-state index is 10.7. The zero-order valence-corrected chi connectivity index (χ0v) is 12.9. The molecular weight excluding hydrogens is 318 g/mol. The molecule has 1 saturated heterocycles. The van der Waals surface area contributed by atoms with Gasteiger partial charge in [-0.05, 0) is 12.1 Å². The van der Waals surface area contributed by atoms with Gasteiger partial charge in [-0.3, -0.25) is 10.1 Å². The Morgan fingerprint density at radius 3 is 2.61 bits per heavy atom. The van der Waals surface area contributed by atoms with Gasteiger partial charge in [-0.1, -0.05) is 11.3 Å². The minimum absolute atomic E-state index is 0.0718. The number of hydrogen-bond acceptors (Lipinski definition) is 7. The number of morpholine rings is 1. The van der Waals surface area contributed by atoms with E-state index in [9.17, 15) is 10.1 Å². The van der Waals surface area contributed by atoms with Crippen LogP contribution in [-0.2, 0) is 4.74 Å². The van der Waals surface area contributed by atoms with E-state index in [1.54, 1.807) is 16.6 Å². The maximum atomic E-state index is 10.7. The molecule has 0 saturated carbocycles. The number of rotatable bonds is 3. The van der Waals surface area contributed by atoms with Crippen molar-refractivity contribution in [2.75, 3.05) is 31.2 Å². The van der Waals surface area contributed by atoms with Gasteiger partial charge in [0.25, 0.3) is 5.69 Å². The predicted molar refractivity (Wildman–Crippen MR) is 86.0 cm³/mol. The number of non-ortho nitro benzene ring substituents is 1. The fourth-order valence-electron chi connectivity index (χ4n) is 2.47. The van der Waals surface area contributed by atoms with Gasteiger partial charge in [-0.2, -0.15) is 0 Å². The molecule has 1 aliphatic heterocycles. The summed E-state index contributed by atoms with van der Waals surface area (Å²) in [4.78, 5) is 17.8. The Kier molecular flexibility index (Phi) is 3.43. The zero-order valence-electron chi connectivity index (χ0n) is 12.1. The number of aromatic nitrogens is 3. The monoisotopic (exact) mass is 331 g/mol. The van der Waals surface area contributed by atoms with Crippen LogP contribution < -0.4 is 4.90 Å². The molecule has 0 spiro atoms. The summed E-state index contributed by atoms with van der Waals surface area (Å²) in [6.07, 6.45) is 1.84. The van der Waals surface area contributed by atoms with Gasteiger partial charge in [0.2, 0.25) is 10.1 Å². The van der Waals surface area contributed by atoms with Crippen LogP contribution in [0, 0.1) is 10.1 Å². The van der Waals surface area contributed by atoms with Crippen LogP contribution in [0.15, 0.2) is 30.5 Å². The number of benzene rings is 1. The number of hydrogen-bond donors (Lipinski definition) is 0. The van der Waals surface area contributed by atoms with Gasteiger partial charge in [0.05, 0.1) is 30.0 Å². The summed E-state index contributed by atoms with van der Waals surface area (Å²) in [5.74, 6) is 0. The summed E-state index contributed by atoms with van der Waals surface area (Å²) in [5, 5.41) is 16.2. The predicted octanol–water partition coefficient (Wildman–Crippen LogP) is 2.20. The molecule has 118 valence electrons. The lowest BCUT2D eigenvalue weighted by molar-refractivity contribution is -0.384. The highest BCUT2D eigenvalue weighted by atomic mass is 32.1. The molecule has 3 heterocycles. The topological polar surface area (TPSA) is 85.8 Å². The second kappa shape index (κ2) is 5.60. The first-order valence-corrected chi connectivity index (χ1v) is 7.96. The van der Waals surface area contributed by atoms with Crippen molar-refractivity contribution in [3.8, 4) is 11.3 Å². The third-order valence-electron chi connectivity index (χ3n) is 3.69. The first-order chi connectivity index (χ1) is 11.2. The van der Waals surface area contributed by atoms with E-state index >= 15 is 0 Å². The van der Waals surface area contributed by atoms with Crippen LogP contribution >= 0.6 is 11.3 Å². The lowest BCUT2D eigenvalue weighted by atomic mass is 10.1. The van der Waals surface area contributed by atoms with Crippen molar-refractivity contribution in [2.45, 2.75) is 0 Å². The molecule has 23 heavy (non-hydrogen) atoms. The van der Waals surface area contributed by atoms with E-state index < -0.39 is 4.92 Å². The molecule has 0 amide bonds. The highest BCUT2D eigenvalue weighted by Crippen LogP contribution is 2.27. The van der Waals surface area contributed by atoms with Crippen LogP contribution in [-0.4, -0.2) is 45.8 Å². The number of nitro groups is 1. The average molecular weight is 331 g/mol. The number of anilines is 1. The Bertz CT molecular complexity index is 820. The number of imidazole rings is 1. The lowest BCUT2D eigenvalue weighted by Gasteiger charge is -2.25. The van der Waals surface area contributed by atoms with Crippen LogP contribution in [0.25, 0.3) is 16.2 Å². The van der Waals surface area contributed by atoms with Gasteiger partial charge < -0.3 is 9.64 Å². The van der Waals surface area contributed by atoms with Crippen LogP contribution in [0.3, 0.4) is 0 Å². The minimum atomic E-state index is -0.411. The van der Waals surface area contributed by atoms with Crippen molar-refractivity contribution in [3.63, 3.8) is 0 Å². The number of ether oxygens (including phenoxy) is 1. The molecule has 9 heteroatoms. The first kappa shape index (κ1) is 14.1. The molecule has 4 rings (SSSR count). The molecular formula is C14H13N5O3S. The van der Waals surface area contributed by atoms with Crippen LogP contribution in [0.2, 0.25) is 0 Å². The Balaban J connectivity index is 1.61. The van der Waals surface area contributed by atoms with Gasteiger partial charge >= 0.3 is 0 Å². The molecule has 0 unspecified atom stereocenters. The third-order valence-corrected chi connectivity index (χ3v) is 4.67. The summed E-state index contributed by atoms with van der Waals surface area (Å²) in [6.45, 7) is 3.11. The summed E-state index contributed by atoms with van der Waals surface area (Å²) in [7, 11) is 0. The third kappa shape index (κ3) is 2.64. The second-order valence-corrected chi connectivity index (χ2v) is 6.08. The van der Waals surface area contributed by atoms with E-state index in [0.29, 0.717) is 0 Å². The van der Waals surface area contributed by atoms with E-state index in [4.69, 9.17) is 4.74 Å². The van der Waals surface area contributed by atoms with E-state index in [1.807, 2.05) is 6.20 Å². The number of nitrogens with zero attached hydrogens (tertiary/aromatic N) is 5. The lowest BCUT2D eigenvalue weighted by Crippen LogP contribution is -2.36. The van der Waals surface area contributed by atoms with E-state index in [2.05, 4.69) is 15.0 Å². The van der Waals surface area contributed by atoms with Gasteiger partial charge in [-0.15, -0.1) is 5.10 Å². The van der Waals surface area contributed by atoms with Crippen LogP contribution in [0.5, 0.6) is 0 Å². The van der Waals surface area contributed by atoms with Crippen molar-refractivity contribution >= 4 is 27.1 Å². The average Bonchev–Trinajstić information content (AvgIpc) is 3.14. The Morgan fingerprint density at radius 2 is 1.96 bits per heavy atom. The molecule has 0 atom stereocenters. The maximum Gasteiger partial charge on any atom is 0.269 e. The Morgan fingerprint density at radius 1 is 1.22 bits per heavy atom. The SMILES string of the molecule is O=[N+]([O-])c1ccc(-c2cn3nc(N4CCOCC4)sc3n2)cc1. The van der Waals surface area contributed by atoms with Crippen molar-refractivity contribution in [1.82, 2.24) is 14.6 Å². The molecule has 1 aliphatic rings. The van der Waals surface area contributed by atoms with Crippen LogP contribution in [0.1, 0.15) is 0 Å². The molecule has 0 aliphatic carbocycles. The number of fused-ring (bicyclic) bond motifs is 1.